The molecule has 2 heterocycles. The van der Waals surface area contributed by atoms with Crippen LogP contribution in [0.25, 0.3) is 0 Å². The number of halogens is 1. The number of nitrogens with two attached hydrogens (primary N) is 1. The van der Waals surface area contributed by atoms with Crippen LogP contribution in [0.1, 0.15) is 24.8 Å². The number of rotatable bonds is 4. The van der Waals surface area contributed by atoms with Crippen LogP contribution in [-0.4, -0.2) is 38.5 Å². The minimum Gasteiger partial charge on any atom is -0.326 e. The van der Waals surface area contributed by atoms with Crippen LogP contribution in [0.3, 0.4) is 0 Å². The van der Waals surface area contributed by atoms with Gasteiger partial charge in [-0.1, -0.05) is 6.07 Å². The Kier molecular flexibility index (Phi) is 4.00. The van der Waals surface area contributed by atoms with Crippen molar-refractivity contribution in [2.24, 2.45) is 5.73 Å². The fraction of sp³-hybridized carbons (Fsp3) is 0.571. The number of hydrogen-bond acceptors (Lipinski definition) is 4. The van der Waals surface area contributed by atoms with E-state index >= 15 is 0 Å². The molecule has 2 atom stereocenters. The molecule has 0 spiro atoms. The Bertz CT molecular complexity index is 635. The van der Waals surface area contributed by atoms with Crippen LogP contribution < -0.4 is 10.5 Å². The van der Waals surface area contributed by atoms with Crippen molar-refractivity contribution in [1.82, 2.24) is 9.62 Å². The van der Waals surface area contributed by atoms with Gasteiger partial charge in [-0.2, -0.15) is 0 Å². The highest BCUT2D eigenvalue weighted by Gasteiger charge is 2.39. The van der Waals surface area contributed by atoms with Crippen molar-refractivity contribution in [1.29, 1.82) is 0 Å². The number of sulfonamides is 1. The molecule has 7 heteroatoms. The molecule has 3 N–H and O–H groups in total. The molecule has 0 bridgehead atoms. The summed E-state index contributed by atoms with van der Waals surface area (Å²) in [5.41, 5.74) is 6.00. The largest absolute Gasteiger partial charge is 0.326 e. The molecule has 1 aromatic carbocycles. The third-order valence-electron chi connectivity index (χ3n) is 4.45. The van der Waals surface area contributed by atoms with Gasteiger partial charge in [0.05, 0.1) is 4.90 Å². The summed E-state index contributed by atoms with van der Waals surface area (Å²) in [5.74, 6) is -0.568. The number of benzene rings is 1. The summed E-state index contributed by atoms with van der Waals surface area (Å²) < 4.78 is 41.3. The highest BCUT2D eigenvalue weighted by atomic mass is 32.2. The molecule has 3 rings (SSSR count). The number of nitrogens with zero attached hydrogens (tertiary/aromatic N) is 1. The zero-order chi connectivity index (χ0) is 15.0. The van der Waals surface area contributed by atoms with E-state index < -0.39 is 15.8 Å². The second-order valence-corrected chi connectivity index (χ2v) is 7.40. The fourth-order valence-corrected chi connectivity index (χ4v) is 4.99. The van der Waals surface area contributed by atoms with E-state index in [0.717, 1.165) is 38.4 Å². The molecule has 0 aromatic heterocycles. The highest BCUT2D eigenvalue weighted by Crippen LogP contribution is 2.29. The standard InChI is InChI=1S/C14H20FN3O2S/c15-11-4-3-10(9-16)14(8-11)21(19,20)17-12-5-7-18-6-1-2-13(12)18/h3-4,8,12-13,17H,1-2,5-7,9,16H2. The van der Waals surface area contributed by atoms with Crippen LogP contribution in [0.4, 0.5) is 4.39 Å². The van der Waals surface area contributed by atoms with Crippen LogP contribution >= 0.6 is 0 Å². The Balaban J connectivity index is 1.86. The van der Waals surface area contributed by atoms with Gasteiger partial charge in [-0.15, -0.1) is 0 Å². The lowest BCUT2D eigenvalue weighted by molar-refractivity contribution is 0.309. The van der Waals surface area contributed by atoms with Crippen LogP contribution in [0.2, 0.25) is 0 Å². The van der Waals surface area contributed by atoms with Crippen molar-refractivity contribution >= 4 is 10.0 Å². The molecule has 2 fully saturated rings. The molecule has 0 radical (unpaired) electrons. The van der Waals surface area contributed by atoms with E-state index in [-0.39, 0.29) is 23.5 Å². The Morgan fingerprint density at radius 1 is 1.33 bits per heavy atom. The summed E-state index contributed by atoms with van der Waals surface area (Å²) in [6, 6.07) is 3.89. The number of nitrogens with one attached hydrogen (secondary N) is 1. The number of hydrogen-bond donors (Lipinski definition) is 2. The highest BCUT2D eigenvalue weighted by molar-refractivity contribution is 7.89. The summed E-state index contributed by atoms with van der Waals surface area (Å²) >= 11 is 0. The lowest BCUT2D eigenvalue weighted by atomic mass is 10.1. The molecule has 2 aliphatic heterocycles. The zero-order valence-electron chi connectivity index (χ0n) is 11.8. The lowest BCUT2D eigenvalue weighted by Crippen LogP contribution is -2.42. The Morgan fingerprint density at radius 2 is 2.14 bits per heavy atom. The smallest absolute Gasteiger partial charge is 0.241 e. The Hall–Kier alpha value is -1.02. The number of fused-ring (bicyclic) bond motifs is 1. The third kappa shape index (κ3) is 2.83. The van der Waals surface area contributed by atoms with Crippen LogP contribution in [0.15, 0.2) is 23.1 Å². The molecule has 21 heavy (non-hydrogen) atoms. The molecule has 0 amide bonds. The van der Waals surface area contributed by atoms with Gasteiger partial charge < -0.3 is 5.73 Å². The first kappa shape index (κ1) is 14.9. The normalized spacial score (nSPS) is 26.2. The van der Waals surface area contributed by atoms with Crippen molar-refractivity contribution in [2.75, 3.05) is 13.1 Å². The van der Waals surface area contributed by atoms with E-state index in [4.69, 9.17) is 5.73 Å². The summed E-state index contributed by atoms with van der Waals surface area (Å²) in [5, 5.41) is 0. The SMILES string of the molecule is NCc1ccc(F)cc1S(=O)(=O)NC1CCN2CCCC12. The minimum absolute atomic E-state index is 0.0403. The molecule has 2 aliphatic rings. The van der Waals surface area contributed by atoms with Crippen molar-refractivity contribution in [3.05, 3.63) is 29.6 Å². The van der Waals surface area contributed by atoms with Gasteiger partial charge in [0.15, 0.2) is 0 Å². The maximum atomic E-state index is 13.4. The molecular weight excluding hydrogens is 293 g/mol. The van der Waals surface area contributed by atoms with Gasteiger partial charge in [0.25, 0.3) is 0 Å². The molecular formula is C14H20FN3O2S. The maximum absolute atomic E-state index is 13.4. The van der Waals surface area contributed by atoms with Gasteiger partial charge in [0.2, 0.25) is 10.0 Å². The van der Waals surface area contributed by atoms with Gasteiger partial charge in [-0.25, -0.2) is 17.5 Å². The Morgan fingerprint density at radius 3 is 2.90 bits per heavy atom. The summed E-state index contributed by atoms with van der Waals surface area (Å²) in [4.78, 5) is 2.28. The molecule has 2 unspecified atom stereocenters. The van der Waals surface area contributed by atoms with Gasteiger partial charge in [0.1, 0.15) is 5.82 Å². The molecule has 5 nitrogen and oxygen atoms in total. The van der Waals surface area contributed by atoms with Crippen molar-refractivity contribution < 1.29 is 12.8 Å². The van der Waals surface area contributed by atoms with E-state index in [9.17, 15) is 12.8 Å². The maximum Gasteiger partial charge on any atom is 0.241 e. The first-order valence-corrected chi connectivity index (χ1v) is 8.74. The quantitative estimate of drug-likeness (QED) is 0.862. The predicted octanol–water partition coefficient (Wildman–Crippen LogP) is 0.799. The van der Waals surface area contributed by atoms with E-state index in [1.807, 2.05) is 0 Å². The topological polar surface area (TPSA) is 75.4 Å². The minimum atomic E-state index is -3.74. The van der Waals surface area contributed by atoms with Crippen molar-refractivity contribution in [3.8, 4) is 0 Å². The summed E-state index contributed by atoms with van der Waals surface area (Å²) in [6.45, 7) is 2.03. The van der Waals surface area contributed by atoms with Crippen molar-refractivity contribution in [2.45, 2.75) is 42.8 Å². The van der Waals surface area contributed by atoms with E-state index in [1.54, 1.807) is 0 Å². The van der Waals surface area contributed by atoms with Gasteiger partial charge in [-0.3, -0.25) is 4.90 Å². The van der Waals surface area contributed by atoms with Crippen molar-refractivity contribution in [3.63, 3.8) is 0 Å². The first-order valence-electron chi connectivity index (χ1n) is 7.26. The Labute approximate surface area is 124 Å². The molecule has 116 valence electrons. The summed E-state index contributed by atoms with van der Waals surface area (Å²) in [6.07, 6.45) is 2.92. The molecule has 0 saturated carbocycles. The molecule has 1 aromatic rings. The summed E-state index contributed by atoms with van der Waals surface area (Å²) in [7, 11) is -3.74. The lowest BCUT2D eigenvalue weighted by Gasteiger charge is -2.21. The second kappa shape index (κ2) is 5.64. The fourth-order valence-electron chi connectivity index (χ4n) is 3.43. The van der Waals surface area contributed by atoms with E-state index in [0.29, 0.717) is 5.56 Å². The van der Waals surface area contributed by atoms with E-state index in [2.05, 4.69) is 9.62 Å². The average molecular weight is 313 g/mol. The average Bonchev–Trinajstić information content (AvgIpc) is 3.04. The first-order chi connectivity index (χ1) is 10.0. The van der Waals surface area contributed by atoms with Gasteiger partial charge in [0, 0.05) is 25.2 Å². The zero-order valence-corrected chi connectivity index (χ0v) is 12.6. The van der Waals surface area contributed by atoms with Crippen LogP contribution in [-0.2, 0) is 16.6 Å². The second-order valence-electron chi connectivity index (χ2n) is 5.72. The van der Waals surface area contributed by atoms with Gasteiger partial charge >= 0.3 is 0 Å². The van der Waals surface area contributed by atoms with Crippen LogP contribution in [0, 0.1) is 5.82 Å². The van der Waals surface area contributed by atoms with Gasteiger partial charge in [-0.05, 0) is 43.5 Å². The predicted molar refractivity (Wildman–Crippen MR) is 77.6 cm³/mol. The monoisotopic (exact) mass is 313 g/mol. The third-order valence-corrected chi connectivity index (χ3v) is 6.02. The molecule has 2 saturated heterocycles. The molecule has 0 aliphatic carbocycles. The van der Waals surface area contributed by atoms with Crippen LogP contribution in [0.5, 0.6) is 0 Å². The van der Waals surface area contributed by atoms with E-state index in [1.165, 1.54) is 12.1 Å².